The monoisotopic (exact) mass is 488 g/mol. The Bertz CT molecular complexity index is 1320. The third kappa shape index (κ3) is 3.84. The molecule has 0 radical (unpaired) electrons. The van der Waals surface area contributed by atoms with Crippen molar-refractivity contribution in [2.75, 3.05) is 14.2 Å². The van der Waals surface area contributed by atoms with Gasteiger partial charge in [0, 0.05) is 11.6 Å². The van der Waals surface area contributed by atoms with E-state index in [1.165, 1.54) is 33.6 Å². The Morgan fingerprint density at radius 2 is 1.34 bits per heavy atom. The fourth-order valence-electron chi connectivity index (χ4n) is 4.26. The highest BCUT2D eigenvalue weighted by atomic mass is 79.9. The fourth-order valence-corrected chi connectivity index (χ4v) is 4.26. The van der Waals surface area contributed by atoms with Crippen molar-refractivity contribution in [3.8, 4) is 11.5 Å². The largest absolute Gasteiger partial charge is 1.00 e. The normalized spacial score (nSPS) is 12.8. The molecule has 2 heterocycles. The maximum atomic E-state index is 5.36. The maximum Gasteiger partial charge on any atom is 0.283 e. The zero-order valence-corrected chi connectivity index (χ0v) is 20.0. The molecule has 1 aliphatic heterocycles. The summed E-state index contributed by atoms with van der Waals surface area (Å²) >= 11 is 0. The molecule has 1 aliphatic rings. The molecule has 4 nitrogen and oxygen atoms in total. The predicted octanol–water partition coefficient (Wildman–Crippen LogP) is 2.12. The number of allylic oxidation sites excluding steroid dienone is 3. The molecule has 5 rings (SSSR count). The van der Waals surface area contributed by atoms with Crippen LogP contribution >= 0.6 is 0 Å². The van der Waals surface area contributed by atoms with Gasteiger partial charge in [-0.25, -0.2) is 9.13 Å². The average Bonchev–Trinajstić information content (AvgIpc) is 2.97. The Kier molecular flexibility index (Phi) is 6.19. The van der Waals surface area contributed by atoms with Gasteiger partial charge in [-0.2, -0.15) is 0 Å². The highest BCUT2D eigenvalue weighted by Gasteiger charge is 2.25. The van der Waals surface area contributed by atoms with Crippen LogP contribution in [-0.4, -0.2) is 18.8 Å². The summed E-state index contributed by atoms with van der Waals surface area (Å²) < 4.78 is 15.4. The molecule has 0 saturated carbocycles. The molecule has 0 atom stereocenters. The average molecular weight is 489 g/mol. The van der Waals surface area contributed by atoms with Crippen molar-refractivity contribution in [1.29, 1.82) is 0 Å². The van der Waals surface area contributed by atoms with E-state index in [1.807, 2.05) is 24.3 Å². The van der Waals surface area contributed by atoms with E-state index in [1.54, 1.807) is 14.2 Å². The molecule has 0 unspecified atom stereocenters. The topological polar surface area (TPSA) is 27.3 Å². The van der Waals surface area contributed by atoms with Crippen LogP contribution in [0.5, 0.6) is 11.5 Å². The van der Waals surface area contributed by atoms with E-state index in [9.17, 15) is 0 Å². The molecule has 0 bridgehead atoms. The zero-order valence-electron chi connectivity index (χ0n) is 18.4. The molecular formula is C27H25BrN2O2. The maximum absolute atomic E-state index is 5.36. The summed E-state index contributed by atoms with van der Waals surface area (Å²) in [7, 11) is 5.53. The lowest BCUT2D eigenvalue weighted by atomic mass is 9.99. The first-order valence-electron chi connectivity index (χ1n) is 10.4. The number of ether oxygens (including phenoxy) is 2. The van der Waals surface area contributed by atoms with Crippen molar-refractivity contribution in [3.05, 3.63) is 95.8 Å². The SMILES string of the molecule is COc1ccc(C2=Cc3n(c4ccccc4[n+]3C)CC(c3ccc(OC)cc3)=C2)cc1.[Br-]. The van der Waals surface area contributed by atoms with Gasteiger partial charge in [-0.15, -0.1) is 0 Å². The number of aryl methyl sites for hydroxylation is 1. The summed E-state index contributed by atoms with van der Waals surface area (Å²) in [4.78, 5) is 0. The Balaban J connectivity index is 0.00000245. The summed E-state index contributed by atoms with van der Waals surface area (Å²) in [6, 6.07) is 25.1. The van der Waals surface area contributed by atoms with Gasteiger partial charge in [0.05, 0.1) is 21.3 Å². The molecule has 4 aromatic rings. The minimum absolute atomic E-state index is 0. The second kappa shape index (κ2) is 9.05. The van der Waals surface area contributed by atoms with Crippen molar-refractivity contribution in [2.24, 2.45) is 7.05 Å². The molecule has 5 heteroatoms. The number of halogens is 1. The third-order valence-electron chi connectivity index (χ3n) is 5.98. The van der Waals surface area contributed by atoms with Crippen LogP contribution in [0.15, 0.2) is 78.9 Å². The van der Waals surface area contributed by atoms with Gasteiger partial charge in [-0.05, 0) is 59.2 Å². The number of fused-ring (bicyclic) bond motifs is 3. The molecule has 1 aromatic heterocycles. The van der Waals surface area contributed by atoms with Crippen LogP contribution in [0.3, 0.4) is 0 Å². The Morgan fingerprint density at radius 3 is 1.97 bits per heavy atom. The number of imidazole rings is 1. The quantitative estimate of drug-likeness (QED) is 0.411. The number of rotatable bonds is 4. The Morgan fingerprint density at radius 1 is 0.750 bits per heavy atom. The van der Waals surface area contributed by atoms with E-state index < -0.39 is 0 Å². The highest BCUT2D eigenvalue weighted by Crippen LogP contribution is 2.32. The molecule has 0 fully saturated rings. The van der Waals surface area contributed by atoms with Gasteiger partial charge >= 0.3 is 0 Å². The zero-order chi connectivity index (χ0) is 21.4. The molecule has 162 valence electrons. The van der Waals surface area contributed by atoms with E-state index in [0.29, 0.717) is 0 Å². The van der Waals surface area contributed by atoms with Crippen molar-refractivity contribution in [1.82, 2.24) is 4.57 Å². The van der Waals surface area contributed by atoms with Crippen molar-refractivity contribution in [3.63, 3.8) is 0 Å². The smallest absolute Gasteiger partial charge is 0.283 e. The van der Waals surface area contributed by atoms with E-state index in [4.69, 9.17) is 9.47 Å². The second-order valence-corrected chi connectivity index (χ2v) is 7.72. The number of methoxy groups -OCH3 is 2. The van der Waals surface area contributed by atoms with Gasteiger partial charge in [0.25, 0.3) is 5.82 Å². The summed E-state index contributed by atoms with van der Waals surface area (Å²) in [5.74, 6) is 2.89. The minimum atomic E-state index is 0. The number of nitrogens with zero attached hydrogens (tertiary/aromatic N) is 2. The van der Waals surface area contributed by atoms with E-state index in [0.717, 1.165) is 23.6 Å². The number of hydrogen-bond donors (Lipinski definition) is 0. The predicted molar refractivity (Wildman–Crippen MR) is 125 cm³/mol. The lowest BCUT2D eigenvalue weighted by Gasteiger charge is -2.09. The summed E-state index contributed by atoms with van der Waals surface area (Å²) in [5, 5.41) is 0. The second-order valence-electron chi connectivity index (χ2n) is 7.72. The van der Waals surface area contributed by atoms with Crippen LogP contribution in [-0.2, 0) is 13.6 Å². The Labute approximate surface area is 198 Å². The molecule has 0 amide bonds. The lowest BCUT2D eigenvalue weighted by Crippen LogP contribution is -3.00. The fraction of sp³-hybridized carbons (Fsp3) is 0.148. The summed E-state index contributed by atoms with van der Waals surface area (Å²) in [5.41, 5.74) is 7.22. The van der Waals surface area contributed by atoms with Gasteiger partial charge in [0.2, 0.25) is 0 Å². The van der Waals surface area contributed by atoms with Gasteiger partial charge in [-0.1, -0.05) is 36.4 Å². The number of benzene rings is 3. The van der Waals surface area contributed by atoms with Gasteiger partial charge in [0.1, 0.15) is 18.0 Å². The van der Waals surface area contributed by atoms with Crippen molar-refractivity contribution in [2.45, 2.75) is 6.54 Å². The standard InChI is InChI=1S/C27H25N2O2.BrH/c1-28-25-6-4-5-7-26(25)29-18-22(20-10-14-24(31-3)15-11-20)16-21(17-27(28)29)19-8-12-23(30-2)13-9-19;/h4-17H,18H2,1-3H3;1H/q+1;/p-1. The van der Waals surface area contributed by atoms with Crippen LogP contribution in [0, 0.1) is 0 Å². The molecule has 0 saturated heterocycles. The van der Waals surface area contributed by atoms with Crippen molar-refractivity contribution >= 4 is 28.3 Å². The number of aromatic nitrogens is 2. The van der Waals surface area contributed by atoms with Crippen LogP contribution in [0.4, 0.5) is 0 Å². The molecule has 0 N–H and O–H groups in total. The number of hydrogen-bond acceptors (Lipinski definition) is 2. The first-order valence-corrected chi connectivity index (χ1v) is 10.4. The first kappa shape index (κ1) is 21.9. The molecule has 3 aromatic carbocycles. The van der Waals surface area contributed by atoms with E-state index in [-0.39, 0.29) is 17.0 Å². The highest BCUT2D eigenvalue weighted by molar-refractivity contribution is 5.94. The molecule has 32 heavy (non-hydrogen) atoms. The molecule has 0 aliphatic carbocycles. The van der Waals surface area contributed by atoms with Gasteiger partial charge < -0.3 is 26.5 Å². The van der Waals surface area contributed by atoms with E-state index in [2.05, 4.69) is 76.9 Å². The minimum Gasteiger partial charge on any atom is -1.00 e. The van der Waals surface area contributed by atoms with Gasteiger partial charge in [-0.3, -0.25) is 0 Å². The summed E-state index contributed by atoms with van der Waals surface area (Å²) in [6.45, 7) is 0.791. The molecule has 0 spiro atoms. The van der Waals surface area contributed by atoms with Crippen LogP contribution in [0.25, 0.3) is 28.3 Å². The number of para-hydroxylation sites is 2. The van der Waals surface area contributed by atoms with E-state index >= 15 is 0 Å². The van der Waals surface area contributed by atoms with Crippen LogP contribution < -0.4 is 31.0 Å². The lowest BCUT2D eigenvalue weighted by molar-refractivity contribution is -0.647. The molecular weight excluding hydrogens is 464 g/mol. The first-order chi connectivity index (χ1) is 15.2. The Hall–Kier alpha value is -3.31. The van der Waals surface area contributed by atoms with Gasteiger partial charge in [0.15, 0.2) is 11.0 Å². The van der Waals surface area contributed by atoms with Crippen LogP contribution in [0.2, 0.25) is 0 Å². The summed E-state index contributed by atoms with van der Waals surface area (Å²) in [6.07, 6.45) is 4.57. The van der Waals surface area contributed by atoms with Crippen molar-refractivity contribution < 1.29 is 31.0 Å². The third-order valence-corrected chi connectivity index (χ3v) is 5.98. The van der Waals surface area contributed by atoms with Crippen LogP contribution in [0.1, 0.15) is 17.0 Å².